The van der Waals surface area contributed by atoms with Gasteiger partial charge in [0.05, 0.1) is 11.8 Å². The third kappa shape index (κ3) is 2.42. The van der Waals surface area contributed by atoms with E-state index in [4.69, 9.17) is 0 Å². The summed E-state index contributed by atoms with van der Waals surface area (Å²) in [5.74, 6) is -0.592. The molecular weight excluding hydrogens is 235 g/mol. The third-order valence-corrected chi connectivity index (χ3v) is 2.80. The second-order valence-electron chi connectivity index (χ2n) is 4.01. The van der Waals surface area contributed by atoms with Gasteiger partial charge >= 0.3 is 6.18 Å². The van der Waals surface area contributed by atoms with Gasteiger partial charge in [0.1, 0.15) is 0 Å². The molecule has 17 heavy (non-hydrogen) atoms. The Balaban J connectivity index is 2.22. The van der Waals surface area contributed by atoms with Gasteiger partial charge in [-0.15, -0.1) is 0 Å². The minimum atomic E-state index is -4.57. The molecule has 0 unspecified atom stereocenters. The lowest BCUT2D eigenvalue weighted by Gasteiger charge is -2.26. The van der Waals surface area contributed by atoms with E-state index in [0.29, 0.717) is 13.1 Å². The van der Waals surface area contributed by atoms with E-state index in [9.17, 15) is 18.0 Å². The van der Waals surface area contributed by atoms with Crippen molar-refractivity contribution in [1.29, 1.82) is 0 Å². The molecule has 1 aromatic heterocycles. The van der Waals surface area contributed by atoms with Crippen LogP contribution in [0.2, 0.25) is 0 Å². The smallest absolute Gasteiger partial charge is 0.339 e. The van der Waals surface area contributed by atoms with Crippen LogP contribution in [-0.4, -0.2) is 34.1 Å². The second-order valence-corrected chi connectivity index (χ2v) is 4.01. The Hall–Kier alpha value is -1.53. The largest absolute Gasteiger partial charge is 0.433 e. The number of hydrogen-bond acceptors (Lipinski definition) is 2. The maximum atomic E-state index is 12.6. The summed E-state index contributed by atoms with van der Waals surface area (Å²) in [7, 11) is 0. The van der Waals surface area contributed by atoms with Gasteiger partial charge in [-0.3, -0.25) is 9.89 Å². The van der Waals surface area contributed by atoms with Gasteiger partial charge in [0.15, 0.2) is 5.69 Å². The van der Waals surface area contributed by atoms with Crippen molar-refractivity contribution in [2.45, 2.75) is 25.4 Å². The first-order valence-corrected chi connectivity index (χ1v) is 5.40. The van der Waals surface area contributed by atoms with Crippen molar-refractivity contribution in [2.24, 2.45) is 0 Å². The SMILES string of the molecule is O=C(c1cn[nH]c1C(F)(F)F)N1CCCCC1. The van der Waals surface area contributed by atoms with Crippen LogP contribution in [0.15, 0.2) is 6.20 Å². The van der Waals surface area contributed by atoms with Crippen LogP contribution in [0.3, 0.4) is 0 Å². The van der Waals surface area contributed by atoms with Crippen molar-refractivity contribution in [2.75, 3.05) is 13.1 Å². The van der Waals surface area contributed by atoms with E-state index >= 15 is 0 Å². The highest BCUT2D eigenvalue weighted by atomic mass is 19.4. The van der Waals surface area contributed by atoms with E-state index < -0.39 is 17.8 Å². The highest BCUT2D eigenvalue weighted by Gasteiger charge is 2.38. The molecule has 1 saturated heterocycles. The number of likely N-dealkylation sites (tertiary alicyclic amines) is 1. The minimum absolute atomic E-state index is 0.389. The second kappa shape index (κ2) is 4.38. The van der Waals surface area contributed by atoms with Gasteiger partial charge in [0, 0.05) is 13.1 Å². The van der Waals surface area contributed by atoms with E-state index in [-0.39, 0.29) is 5.56 Å². The maximum absolute atomic E-state index is 12.6. The molecule has 0 bridgehead atoms. The number of aromatic amines is 1. The van der Waals surface area contributed by atoms with E-state index in [1.165, 1.54) is 4.90 Å². The van der Waals surface area contributed by atoms with Gasteiger partial charge in [-0.2, -0.15) is 18.3 Å². The maximum Gasteiger partial charge on any atom is 0.433 e. The van der Waals surface area contributed by atoms with Gasteiger partial charge < -0.3 is 4.90 Å². The van der Waals surface area contributed by atoms with E-state index in [2.05, 4.69) is 5.10 Å². The summed E-state index contributed by atoms with van der Waals surface area (Å²) in [4.78, 5) is 13.3. The molecule has 1 aliphatic rings. The number of nitrogens with one attached hydrogen (secondary N) is 1. The molecule has 0 spiro atoms. The zero-order chi connectivity index (χ0) is 12.5. The van der Waals surface area contributed by atoms with Crippen LogP contribution >= 0.6 is 0 Å². The predicted molar refractivity (Wildman–Crippen MR) is 53.3 cm³/mol. The number of hydrogen-bond donors (Lipinski definition) is 1. The summed E-state index contributed by atoms with van der Waals surface area (Å²) in [5.41, 5.74) is -1.45. The molecule has 7 heteroatoms. The molecule has 1 aliphatic heterocycles. The molecule has 1 fully saturated rings. The normalized spacial score (nSPS) is 17.2. The first kappa shape index (κ1) is 11.9. The van der Waals surface area contributed by atoms with Crippen LogP contribution in [0.1, 0.15) is 35.3 Å². The van der Waals surface area contributed by atoms with Gasteiger partial charge in [0.25, 0.3) is 5.91 Å². The molecule has 0 aliphatic carbocycles. The Morgan fingerprint density at radius 3 is 2.53 bits per heavy atom. The lowest BCUT2D eigenvalue weighted by molar-refractivity contribution is -0.141. The average molecular weight is 247 g/mol. The molecule has 94 valence electrons. The number of alkyl halides is 3. The van der Waals surface area contributed by atoms with Crippen LogP contribution < -0.4 is 0 Å². The molecular formula is C10H12F3N3O. The monoisotopic (exact) mass is 247 g/mol. The van der Waals surface area contributed by atoms with Gasteiger partial charge in [-0.25, -0.2) is 0 Å². The number of carbonyl (C=O) groups is 1. The van der Waals surface area contributed by atoms with Crippen molar-refractivity contribution < 1.29 is 18.0 Å². The van der Waals surface area contributed by atoms with Crippen LogP contribution in [0, 0.1) is 0 Å². The van der Waals surface area contributed by atoms with Crippen molar-refractivity contribution in [1.82, 2.24) is 15.1 Å². The fourth-order valence-electron chi connectivity index (χ4n) is 1.93. The Bertz CT molecular complexity index is 407. The van der Waals surface area contributed by atoms with Crippen molar-refractivity contribution in [3.63, 3.8) is 0 Å². The van der Waals surface area contributed by atoms with Crippen LogP contribution in [0.4, 0.5) is 13.2 Å². The molecule has 1 amide bonds. The lowest BCUT2D eigenvalue weighted by Crippen LogP contribution is -2.36. The Morgan fingerprint density at radius 2 is 1.94 bits per heavy atom. The first-order valence-electron chi connectivity index (χ1n) is 5.40. The third-order valence-electron chi connectivity index (χ3n) is 2.80. The van der Waals surface area contributed by atoms with Crippen LogP contribution in [0.25, 0.3) is 0 Å². The van der Waals surface area contributed by atoms with E-state index in [1.807, 2.05) is 5.10 Å². The zero-order valence-electron chi connectivity index (χ0n) is 9.05. The number of carbonyl (C=O) groups excluding carboxylic acids is 1. The standard InChI is InChI=1S/C10H12F3N3O/c11-10(12,13)8-7(6-14-15-8)9(17)16-4-2-1-3-5-16/h6H,1-5H2,(H,14,15). The minimum Gasteiger partial charge on any atom is -0.339 e. The number of rotatable bonds is 1. The summed E-state index contributed by atoms with van der Waals surface area (Å²) in [6.45, 7) is 1.03. The van der Waals surface area contributed by atoms with Gasteiger partial charge in [-0.05, 0) is 19.3 Å². The van der Waals surface area contributed by atoms with Crippen LogP contribution in [0.5, 0.6) is 0 Å². The van der Waals surface area contributed by atoms with Crippen molar-refractivity contribution in [3.05, 3.63) is 17.5 Å². The van der Waals surface area contributed by atoms with Crippen molar-refractivity contribution >= 4 is 5.91 Å². The molecule has 4 nitrogen and oxygen atoms in total. The van der Waals surface area contributed by atoms with Gasteiger partial charge in [-0.1, -0.05) is 0 Å². The van der Waals surface area contributed by atoms with E-state index in [0.717, 1.165) is 25.5 Å². The summed E-state index contributed by atoms with van der Waals surface area (Å²) in [5, 5.41) is 5.16. The van der Waals surface area contributed by atoms with Gasteiger partial charge in [0.2, 0.25) is 0 Å². The van der Waals surface area contributed by atoms with Crippen molar-refractivity contribution in [3.8, 4) is 0 Å². The summed E-state index contributed by atoms with van der Waals surface area (Å²) < 4.78 is 37.7. The highest BCUT2D eigenvalue weighted by Crippen LogP contribution is 2.30. The number of piperidine rings is 1. The first-order chi connectivity index (χ1) is 8.00. The Kier molecular flexibility index (Phi) is 3.08. The lowest BCUT2D eigenvalue weighted by atomic mass is 10.1. The van der Waals surface area contributed by atoms with E-state index in [1.54, 1.807) is 0 Å². The molecule has 0 radical (unpaired) electrons. The van der Waals surface area contributed by atoms with Crippen LogP contribution in [-0.2, 0) is 6.18 Å². The number of nitrogens with zero attached hydrogens (tertiary/aromatic N) is 2. The number of halogens is 3. The number of amides is 1. The molecule has 0 saturated carbocycles. The summed E-state index contributed by atoms with van der Waals surface area (Å²) >= 11 is 0. The average Bonchev–Trinajstić information content (AvgIpc) is 2.78. The number of H-pyrrole nitrogens is 1. The molecule has 1 N–H and O–H groups in total. The molecule has 1 aromatic rings. The molecule has 0 atom stereocenters. The summed E-state index contributed by atoms with van der Waals surface area (Å²) in [6, 6.07) is 0. The summed E-state index contributed by atoms with van der Waals surface area (Å²) in [6.07, 6.45) is -0.936. The Labute approximate surface area is 95.8 Å². The topological polar surface area (TPSA) is 49.0 Å². The number of aromatic nitrogens is 2. The predicted octanol–water partition coefficient (Wildman–Crippen LogP) is 2.05. The fraction of sp³-hybridized carbons (Fsp3) is 0.600. The Morgan fingerprint density at radius 1 is 1.29 bits per heavy atom. The highest BCUT2D eigenvalue weighted by molar-refractivity contribution is 5.95. The molecule has 0 aromatic carbocycles. The molecule has 2 rings (SSSR count). The zero-order valence-corrected chi connectivity index (χ0v) is 9.05. The molecule has 2 heterocycles. The quantitative estimate of drug-likeness (QED) is 0.825. The fourth-order valence-corrected chi connectivity index (χ4v) is 1.93.